The molecular weight excluding hydrogens is 318 g/mol. The van der Waals surface area contributed by atoms with E-state index in [0.29, 0.717) is 22.6 Å². The van der Waals surface area contributed by atoms with Crippen molar-refractivity contribution < 1.29 is 0 Å². The number of fused-ring (bicyclic) bond motifs is 2. The van der Waals surface area contributed by atoms with Gasteiger partial charge in [-0.05, 0) is 18.9 Å². The summed E-state index contributed by atoms with van der Waals surface area (Å²) in [6.45, 7) is 0. The standard InChI is InChI=1S/C17H17N7O/c25-17-22-13-8-19-14(10-6-12-15(18-7-10)21-9-20-12)23-16(13)24(17)11-4-2-1-3-5-11/h6-9,11H,1-5H2,(H,22,25)(H,18,20,21). The Labute approximate surface area is 142 Å². The van der Waals surface area contributed by atoms with Gasteiger partial charge in [-0.25, -0.2) is 24.7 Å². The second-order valence-electron chi connectivity index (χ2n) is 6.52. The summed E-state index contributed by atoms with van der Waals surface area (Å²) in [4.78, 5) is 35.9. The van der Waals surface area contributed by atoms with Gasteiger partial charge in [-0.1, -0.05) is 19.3 Å². The number of imidazole rings is 2. The molecule has 4 aromatic rings. The molecule has 126 valence electrons. The second-order valence-corrected chi connectivity index (χ2v) is 6.52. The average Bonchev–Trinajstić information content (AvgIpc) is 3.24. The van der Waals surface area contributed by atoms with E-state index in [1.54, 1.807) is 18.7 Å². The molecule has 0 saturated heterocycles. The topological polar surface area (TPSA) is 105 Å². The zero-order valence-corrected chi connectivity index (χ0v) is 13.6. The minimum Gasteiger partial charge on any atom is -0.343 e. The number of pyridine rings is 1. The van der Waals surface area contributed by atoms with Crippen LogP contribution in [0, 0.1) is 0 Å². The van der Waals surface area contributed by atoms with Crippen molar-refractivity contribution in [3.63, 3.8) is 0 Å². The molecule has 4 heterocycles. The molecule has 8 nitrogen and oxygen atoms in total. The lowest BCUT2D eigenvalue weighted by atomic mass is 9.95. The van der Waals surface area contributed by atoms with E-state index < -0.39 is 0 Å². The lowest BCUT2D eigenvalue weighted by Crippen LogP contribution is -2.24. The molecule has 0 unspecified atom stereocenters. The zero-order chi connectivity index (χ0) is 16.8. The highest BCUT2D eigenvalue weighted by Gasteiger charge is 2.21. The molecule has 25 heavy (non-hydrogen) atoms. The summed E-state index contributed by atoms with van der Waals surface area (Å²) in [7, 11) is 0. The highest BCUT2D eigenvalue weighted by atomic mass is 16.1. The Morgan fingerprint density at radius 1 is 1.04 bits per heavy atom. The maximum Gasteiger partial charge on any atom is 0.327 e. The van der Waals surface area contributed by atoms with Crippen LogP contribution in [0.4, 0.5) is 0 Å². The Morgan fingerprint density at radius 3 is 2.80 bits per heavy atom. The zero-order valence-electron chi connectivity index (χ0n) is 13.6. The van der Waals surface area contributed by atoms with Gasteiger partial charge in [-0.2, -0.15) is 0 Å². The predicted octanol–water partition coefficient (Wildman–Crippen LogP) is 2.56. The lowest BCUT2D eigenvalue weighted by molar-refractivity contribution is 0.352. The minimum atomic E-state index is -0.101. The summed E-state index contributed by atoms with van der Waals surface area (Å²) in [6.07, 6.45) is 10.6. The van der Waals surface area contributed by atoms with E-state index in [-0.39, 0.29) is 11.7 Å². The molecule has 0 bridgehead atoms. The number of hydrogen-bond donors (Lipinski definition) is 2. The summed E-state index contributed by atoms with van der Waals surface area (Å²) < 4.78 is 1.81. The van der Waals surface area contributed by atoms with E-state index in [9.17, 15) is 4.79 Å². The van der Waals surface area contributed by atoms with Crippen LogP contribution in [-0.4, -0.2) is 34.5 Å². The van der Waals surface area contributed by atoms with Gasteiger partial charge >= 0.3 is 5.69 Å². The van der Waals surface area contributed by atoms with Crippen molar-refractivity contribution in [1.82, 2.24) is 34.5 Å². The van der Waals surface area contributed by atoms with Crippen molar-refractivity contribution in [1.29, 1.82) is 0 Å². The number of hydrogen-bond acceptors (Lipinski definition) is 5. The highest BCUT2D eigenvalue weighted by Crippen LogP contribution is 2.29. The van der Waals surface area contributed by atoms with Gasteiger partial charge in [0.05, 0.1) is 18.0 Å². The largest absolute Gasteiger partial charge is 0.343 e. The Balaban J connectivity index is 1.65. The number of H-pyrrole nitrogens is 2. The average molecular weight is 335 g/mol. The fourth-order valence-electron chi connectivity index (χ4n) is 3.69. The summed E-state index contributed by atoms with van der Waals surface area (Å²) in [5, 5.41) is 0. The lowest BCUT2D eigenvalue weighted by Gasteiger charge is -2.22. The molecule has 1 aliphatic rings. The highest BCUT2D eigenvalue weighted by molar-refractivity contribution is 5.77. The number of nitrogens with one attached hydrogen (secondary N) is 2. The third kappa shape index (κ3) is 2.33. The molecule has 1 fully saturated rings. The van der Waals surface area contributed by atoms with Crippen molar-refractivity contribution in [2.75, 3.05) is 0 Å². The second kappa shape index (κ2) is 5.51. The van der Waals surface area contributed by atoms with Gasteiger partial charge in [-0.15, -0.1) is 0 Å². The van der Waals surface area contributed by atoms with Crippen LogP contribution in [0.15, 0.2) is 29.6 Å². The van der Waals surface area contributed by atoms with Gasteiger partial charge in [0.1, 0.15) is 5.52 Å². The summed E-state index contributed by atoms with van der Waals surface area (Å²) in [5.74, 6) is 0.556. The first-order chi connectivity index (χ1) is 12.3. The third-order valence-electron chi connectivity index (χ3n) is 4.93. The Bertz CT molecular complexity index is 1120. The number of rotatable bonds is 2. The molecule has 0 aromatic carbocycles. The van der Waals surface area contributed by atoms with Crippen molar-refractivity contribution in [3.05, 3.63) is 35.3 Å². The normalized spacial score (nSPS) is 16.0. The quantitative estimate of drug-likeness (QED) is 0.586. The predicted molar refractivity (Wildman–Crippen MR) is 93.2 cm³/mol. The van der Waals surface area contributed by atoms with E-state index in [1.807, 2.05) is 10.6 Å². The van der Waals surface area contributed by atoms with Crippen molar-refractivity contribution in [2.24, 2.45) is 0 Å². The summed E-state index contributed by atoms with van der Waals surface area (Å²) >= 11 is 0. The van der Waals surface area contributed by atoms with Gasteiger partial charge in [0.2, 0.25) is 0 Å². The molecule has 0 spiro atoms. The van der Waals surface area contributed by atoms with Crippen LogP contribution in [0.3, 0.4) is 0 Å². The summed E-state index contributed by atoms with van der Waals surface area (Å²) in [6, 6.07) is 2.14. The van der Waals surface area contributed by atoms with E-state index in [0.717, 1.165) is 36.8 Å². The fraction of sp³-hybridized carbons (Fsp3) is 0.353. The fourth-order valence-corrected chi connectivity index (χ4v) is 3.69. The van der Waals surface area contributed by atoms with Crippen LogP contribution in [0.5, 0.6) is 0 Å². The van der Waals surface area contributed by atoms with E-state index in [1.165, 1.54) is 6.42 Å². The van der Waals surface area contributed by atoms with E-state index in [2.05, 4.69) is 29.9 Å². The Morgan fingerprint density at radius 2 is 1.92 bits per heavy atom. The molecule has 0 atom stereocenters. The molecule has 0 aliphatic heterocycles. The number of nitrogens with zero attached hydrogens (tertiary/aromatic N) is 5. The van der Waals surface area contributed by atoms with Crippen LogP contribution < -0.4 is 5.69 Å². The van der Waals surface area contributed by atoms with Crippen LogP contribution >= 0.6 is 0 Å². The molecule has 1 saturated carbocycles. The van der Waals surface area contributed by atoms with Crippen molar-refractivity contribution in [3.8, 4) is 11.4 Å². The van der Waals surface area contributed by atoms with Crippen LogP contribution in [0.25, 0.3) is 33.7 Å². The van der Waals surface area contributed by atoms with E-state index >= 15 is 0 Å². The SMILES string of the molecule is O=c1[nH]c2cnc(-c3cnc4nc[nH]c4c3)nc2n1C1CCCCC1. The smallest absolute Gasteiger partial charge is 0.327 e. The maximum atomic E-state index is 12.4. The molecule has 8 heteroatoms. The number of aromatic nitrogens is 7. The van der Waals surface area contributed by atoms with Crippen LogP contribution in [-0.2, 0) is 0 Å². The maximum absolute atomic E-state index is 12.4. The first kappa shape index (κ1) is 14.3. The van der Waals surface area contributed by atoms with Gasteiger partial charge < -0.3 is 9.97 Å². The molecule has 0 amide bonds. The van der Waals surface area contributed by atoms with Crippen molar-refractivity contribution >= 4 is 22.3 Å². The van der Waals surface area contributed by atoms with Crippen LogP contribution in [0.1, 0.15) is 38.1 Å². The number of aromatic amines is 2. The summed E-state index contributed by atoms with van der Waals surface area (Å²) in [5.41, 5.74) is 3.53. The molecule has 2 N–H and O–H groups in total. The third-order valence-corrected chi connectivity index (χ3v) is 4.93. The first-order valence-electron chi connectivity index (χ1n) is 8.56. The minimum absolute atomic E-state index is 0.101. The monoisotopic (exact) mass is 335 g/mol. The van der Waals surface area contributed by atoms with Crippen molar-refractivity contribution in [2.45, 2.75) is 38.1 Å². The van der Waals surface area contributed by atoms with Gasteiger partial charge in [-0.3, -0.25) is 4.57 Å². The molecule has 4 aromatic heterocycles. The van der Waals surface area contributed by atoms with Crippen LogP contribution in [0.2, 0.25) is 0 Å². The Kier molecular flexibility index (Phi) is 3.16. The van der Waals surface area contributed by atoms with Gasteiger partial charge in [0, 0.05) is 17.8 Å². The Hall–Kier alpha value is -3.03. The van der Waals surface area contributed by atoms with E-state index in [4.69, 9.17) is 0 Å². The molecule has 5 rings (SSSR count). The molecule has 0 radical (unpaired) electrons. The molecular formula is C17H17N7O. The molecule has 1 aliphatic carbocycles. The van der Waals surface area contributed by atoms with Gasteiger partial charge in [0.15, 0.2) is 17.1 Å². The van der Waals surface area contributed by atoms with Gasteiger partial charge in [0.25, 0.3) is 0 Å². The first-order valence-corrected chi connectivity index (χ1v) is 8.56.